The number of benzene rings is 2. The molecule has 2 aromatic carbocycles. The lowest BCUT2D eigenvalue weighted by Crippen LogP contribution is -2.50. The number of nitrogens with one attached hydrogen (secondary N) is 1. The highest BCUT2D eigenvalue weighted by atomic mass is 16.5. The van der Waals surface area contributed by atoms with Crippen molar-refractivity contribution in [3.63, 3.8) is 0 Å². The van der Waals surface area contributed by atoms with Crippen LogP contribution in [0.25, 0.3) is 5.69 Å². The van der Waals surface area contributed by atoms with Crippen molar-refractivity contribution < 1.29 is 14.3 Å². The SMILES string of the molecule is COC(=O)c1ccccc1NC(=O)N1CCN(c2ccc(=O)n(-c3ccccc3)n2)CC1. The first-order valence-corrected chi connectivity index (χ1v) is 10.2. The zero-order valence-corrected chi connectivity index (χ0v) is 17.6. The number of nitrogens with zero attached hydrogens (tertiary/aromatic N) is 4. The smallest absolute Gasteiger partial charge is 0.339 e. The van der Waals surface area contributed by atoms with Gasteiger partial charge in [-0.2, -0.15) is 4.68 Å². The molecule has 0 radical (unpaired) electrons. The van der Waals surface area contributed by atoms with Crippen LogP contribution in [0.15, 0.2) is 71.5 Å². The minimum absolute atomic E-state index is 0.206. The molecule has 1 N–H and O–H groups in total. The summed E-state index contributed by atoms with van der Waals surface area (Å²) in [6, 6.07) is 18.9. The Morgan fingerprint density at radius 3 is 2.31 bits per heavy atom. The number of urea groups is 1. The summed E-state index contributed by atoms with van der Waals surface area (Å²) in [6.45, 7) is 2.06. The van der Waals surface area contributed by atoms with E-state index in [1.54, 1.807) is 35.2 Å². The van der Waals surface area contributed by atoms with Gasteiger partial charge in [0.25, 0.3) is 5.56 Å². The van der Waals surface area contributed by atoms with Crippen molar-refractivity contribution in [1.29, 1.82) is 0 Å². The highest BCUT2D eigenvalue weighted by molar-refractivity contribution is 6.00. The van der Waals surface area contributed by atoms with E-state index in [2.05, 4.69) is 10.4 Å². The summed E-state index contributed by atoms with van der Waals surface area (Å²) in [7, 11) is 1.30. The molecule has 1 saturated heterocycles. The number of anilines is 2. The number of amides is 2. The van der Waals surface area contributed by atoms with E-state index in [1.807, 2.05) is 35.2 Å². The van der Waals surface area contributed by atoms with E-state index in [1.165, 1.54) is 17.9 Å². The largest absolute Gasteiger partial charge is 0.465 e. The quantitative estimate of drug-likeness (QED) is 0.635. The molecule has 2 heterocycles. The number of hydrogen-bond donors (Lipinski definition) is 1. The summed E-state index contributed by atoms with van der Waals surface area (Å²) >= 11 is 0. The fourth-order valence-corrected chi connectivity index (χ4v) is 3.54. The van der Waals surface area contributed by atoms with Gasteiger partial charge in [0.2, 0.25) is 0 Å². The molecular weight excluding hydrogens is 410 g/mol. The highest BCUT2D eigenvalue weighted by Crippen LogP contribution is 2.18. The molecule has 0 aliphatic carbocycles. The van der Waals surface area contributed by atoms with Gasteiger partial charge >= 0.3 is 12.0 Å². The maximum Gasteiger partial charge on any atom is 0.339 e. The zero-order chi connectivity index (χ0) is 22.5. The second-order valence-electron chi connectivity index (χ2n) is 7.22. The molecule has 1 aliphatic rings. The molecular formula is C23H23N5O4. The minimum atomic E-state index is -0.509. The molecule has 1 aromatic heterocycles. The lowest BCUT2D eigenvalue weighted by atomic mass is 10.2. The van der Waals surface area contributed by atoms with Crippen molar-refractivity contribution in [3.8, 4) is 5.69 Å². The third-order valence-corrected chi connectivity index (χ3v) is 5.25. The number of para-hydroxylation sites is 2. The normalized spacial score (nSPS) is 13.5. The lowest BCUT2D eigenvalue weighted by molar-refractivity contribution is 0.0602. The van der Waals surface area contributed by atoms with Crippen molar-refractivity contribution in [1.82, 2.24) is 14.7 Å². The van der Waals surface area contributed by atoms with Gasteiger partial charge in [0.05, 0.1) is 24.0 Å². The van der Waals surface area contributed by atoms with Crippen LogP contribution in [0, 0.1) is 0 Å². The first-order valence-electron chi connectivity index (χ1n) is 10.2. The maximum atomic E-state index is 12.7. The van der Waals surface area contributed by atoms with Crippen LogP contribution < -0.4 is 15.8 Å². The maximum absolute atomic E-state index is 12.7. The number of carbonyl (C=O) groups is 2. The van der Waals surface area contributed by atoms with Crippen LogP contribution in [0.4, 0.5) is 16.3 Å². The van der Waals surface area contributed by atoms with Crippen LogP contribution in [0.2, 0.25) is 0 Å². The predicted octanol–water partition coefficient (Wildman–Crippen LogP) is 2.37. The Kier molecular flexibility index (Phi) is 6.16. The standard InChI is InChI=1S/C23H23N5O4/c1-32-22(30)18-9-5-6-10-19(18)24-23(31)27-15-13-26(14-16-27)20-11-12-21(29)28(25-20)17-7-3-2-4-8-17/h2-12H,13-16H2,1H3,(H,24,31). The van der Waals surface area contributed by atoms with E-state index in [4.69, 9.17) is 4.74 Å². The van der Waals surface area contributed by atoms with Gasteiger partial charge < -0.3 is 19.9 Å². The average molecular weight is 433 g/mol. The summed E-state index contributed by atoms with van der Waals surface area (Å²) in [5.41, 5.74) is 1.20. The molecule has 1 aliphatic heterocycles. The Labute approximate surface area is 184 Å². The molecule has 0 bridgehead atoms. The number of ether oxygens (including phenoxy) is 1. The Morgan fingerprint density at radius 1 is 0.906 bits per heavy atom. The lowest BCUT2D eigenvalue weighted by Gasteiger charge is -2.35. The Balaban J connectivity index is 1.42. The third-order valence-electron chi connectivity index (χ3n) is 5.25. The van der Waals surface area contributed by atoms with E-state index in [9.17, 15) is 14.4 Å². The predicted molar refractivity (Wildman–Crippen MR) is 120 cm³/mol. The molecule has 164 valence electrons. The monoisotopic (exact) mass is 433 g/mol. The molecule has 9 heteroatoms. The zero-order valence-electron chi connectivity index (χ0n) is 17.6. The summed E-state index contributed by atoms with van der Waals surface area (Å²) in [5.74, 6) is 0.162. The van der Waals surface area contributed by atoms with Gasteiger partial charge in [0.1, 0.15) is 5.82 Å². The van der Waals surface area contributed by atoms with Crippen molar-refractivity contribution >= 4 is 23.5 Å². The third kappa shape index (κ3) is 4.46. The molecule has 9 nitrogen and oxygen atoms in total. The number of piperazine rings is 1. The Bertz CT molecular complexity index is 1170. The number of methoxy groups -OCH3 is 1. The van der Waals surface area contributed by atoms with Gasteiger partial charge in [-0.25, -0.2) is 9.59 Å². The number of hydrogen-bond acceptors (Lipinski definition) is 6. The summed E-state index contributed by atoms with van der Waals surface area (Å²) < 4.78 is 6.15. The Hall–Kier alpha value is -4.14. The van der Waals surface area contributed by atoms with Crippen LogP contribution in [0.1, 0.15) is 10.4 Å². The number of rotatable bonds is 4. The van der Waals surface area contributed by atoms with Crippen LogP contribution >= 0.6 is 0 Å². The molecule has 0 unspecified atom stereocenters. The van der Waals surface area contributed by atoms with Gasteiger partial charge in [-0.05, 0) is 30.3 Å². The molecule has 0 atom stereocenters. The molecule has 0 spiro atoms. The number of carbonyl (C=O) groups excluding carboxylic acids is 2. The highest BCUT2D eigenvalue weighted by Gasteiger charge is 2.23. The Morgan fingerprint density at radius 2 is 1.59 bits per heavy atom. The molecule has 3 aromatic rings. The average Bonchev–Trinajstić information content (AvgIpc) is 2.85. The second kappa shape index (κ2) is 9.34. The van der Waals surface area contributed by atoms with Crippen molar-refractivity contribution in [2.24, 2.45) is 0 Å². The number of esters is 1. The molecule has 2 amide bonds. The molecule has 1 fully saturated rings. The van der Waals surface area contributed by atoms with E-state index in [0.29, 0.717) is 48.9 Å². The second-order valence-corrected chi connectivity index (χ2v) is 7.22. The van der Waals surface area contributed by atoms with Gasteiger partial charge in [0.15, 0.2) is 0 Å². The summed E-state index contributed by atoms with van der Waals surface area (Å²) in [4.78, 5) is 40.6. The minimum Gasteiger partial charge on any atom is -0.465 e. The summed E-state index contributed by atoms with van der Waals surface area (Å²) in [6.07, 6.45) is 0. The molecule has 32 heavy (non-hydrogen) atoms. The van der Waals surface area contributed by atoms with Crippen LogP contribution in [0.3, 0.4) is 0 Å². The van der Waals surface area contributed by atoms with Crippen LogP contribution in [0.5, 0.6) is 0 Å². The van der Waals surface area contributed by atoms with Gasteiger partial charge in [-0.3, -0.25) is 4.79 Å². The first-order chi connectivity index (χ1) is 15.6. The topological polar surface area (TPSA) is 96.8 Å². The fourth-order valence-electron chi connectivity index (χ4n) is 3.54. The van der Waals surface area contributed by atoms with E-state index < -0.39 is 5.97 Å². The molecule has 0 saturated carbocycles. The summed E-state index contributed by atoms with van der Waals surface area (Å²) in [5, 5.41) is 7.30. The van der Waals surface area contributed by atoms with Crippen LogP contribution in [-0.4, -0.2) is 60.0 Å². The van der Waals surface area contributed by atoms with Crippen molar-refractivity contribution in [3.05, 3.63) is 82.6 Å². The van der Waals surface area contributed by atoms with Gasteiger partial charge in [-0.15, -0.1) is 5.10 Å². The fraction of sp³-hybridized carbons (Fsp3) is 0.217. The van der Waals surface area contributed by atoms with E-state index in [0.717, 1.165) is 0 Å². The van der Waals surface area contributed by atoms with E-state index in [-0.39, 0.29) is 11.6 Å². The van der Waals surface area contributed by atoms with Gasteiger partial charge in [-0.1, -0.05) is 30.3 Å². The van der Waals surface area contributed by atoms with Crippen molar-refractivity contribution in [2.45, 2.75) is 0 Å². The first kappa shape index (κ1) is 21.1. The van der Waals surface area contributed by atoms with Crippen molar-refractivity contribution in [2.75, 3.05) is 43.5 Å². The van der Waals surface area contributed by atoms with E-state index >= 15 is 0 Å². The molecule has 4 rings (SSSR count). The number of aromatic nitrogens is 2. The van der Waals surface area contributed by atoms with Gasteiger partial charge in [0, 0.05) is 32.2 Å². The van der Waals surface area contributed by atoms with Crippen LogP contribution in [-0.2, 0) is 4.74 Å².